The van der Waals surface area contributed by atoms with Crippen LogP contribution in [0.4, 0.5) is 0 Å². The van der Waals surface area contributed by atoms with Crippen molar-refractivity contribution in [3.05, 3.63) is 22.3 Å². The molecule has 0 amide bonds. The Kier molecular flexibility index (Phi) is 3.19. The number of rotatable bonds is 3. The van der Waals surface area contributed by atoms with E-state index in [1.807, 2.05) is 13.8 Å². The van der Waals surface area contributed by atoms with Crippen molar-refractivity contribution >= 4 is 16.0 Å². The van der Waals surface area contributed by atoms with Gasteiger partial charge in [0.1, 0.15) is 17.4 Å². The molecule has 0 bridgehead atoms. The number of carboxylic acids is 1. The number of hydrogen-bond acceptors (Lipinski definition) is 4. The van der Waals surface area contributed by atoms with Crippen molar-refractivity contribution in [3.8, 4) is 5.75 Å². The topological polar surface area (TPSA) is 83.7 Å². The summed E-state index contributed by atoms with van der Waals surface area (Å²) in [5, 5.41) is 9.17. The van der Waals surface area contributed by atoms with Crippen LogP contribution >= 0.6 is 0 Å². The summed E-state index contributed by atoms with van der Waals surface area (Å²) >= 11 is 0. The van der Waals surface area contributed by atoms with Crippen LogP contribution < -0.4 is 4.74 Å². The van der Waals surface area contributed by atoms with E-state index in [9.17, 15) is 18.3 Å². The molecule has 3 rings (SSSR count). The number of benzene rings is 1. The molecular formula is C17H23NO5S. The molecule has 0 aromatic heterocycles. The largest absolute Gasteiger partial charge is 0.487 e. The summed E-state index contributed by atoms with van der Waals surface area (Å²) in [5.41, 5.74) is 2.10. The van der Waals surface area contributed by atoms with Crippen LogP contribution in [0, 0.1) is 20.8 Å². The Morgan fingerprint density at radius 3 is 2.50 bits per heavy atom. The first kappa shape index (κ1) is 14.7. The number of hydrogen-bond donors (Lipinski definition) is 1. The van der Waals surface area contributed by atoms with Gasteiger partial charge in [0.15, 0.2) is 0 Å². The average Bonchev–Trinajstić information content (AvgIpc) is 3.08. The molecule has 6 nitrogen and oxygen atoms in total. The summed E-state index contributed by atoms with van der Waals surface area (Å²) in [6.45, 7) is 7.40. The van der Waals surface area contributed by atoms with Crippen LogP contribution in [0.2, 0.25) is 0 Å². The van der Waals surface area contributed by atoms with E-state index in [0.717, 1.165) is 12.0 Å². The van der Waals surface area contributed by atoms with Crippen LogP contribution in [-0.2, 0) is 21.2 Å². The van der Waals surface area contributed by atoms with Crippen LogP contribution in [-0.4, -0.2) is 41.9 Å². The van der Waals surface area contributed by atoms with Crippen molar-refractivity contribution in [1.29, 1.82) is 0 Å². The molecule has 0 aliphatic carbocycles. The van der Waals surface area contributed by atoms with E-state index in [2.05, 4.69) is 0 Å². The number of nitrogens with zero attached hydrogens (tertiary/aromatic N) is 1. The lowest BCUT2D eigenvalue weighted by Crippen LogP contribution is -2.34. The summed E-state index contributed by atoms with van der Waals surface area (Å²) in [6.07, 6.45) is 1.37. The summed E-state index contributed by atoms with van der Waals surface area (Å²) in [4.78, 5) is 11.3. The zero-order valence-electron chi connectivity index (χ0n) is 16.4. The third kappa shape index (κ3) is 2.50. The first-order valence-electron chi connectivity index (χ1n) is 8.86. The van der Waals surface area contributed by atoms with Gasteiger partial charge < -0.3 is 9.84 Å². The second-order valence-corrected chi connectivity index (χ2v) is 8.75. The van der Waals surface area contributed by atoms with Crippen LogP contribution in [0.25, 0.3) is 0 Å². The first-order chi connectivity index (χ1) is 11.8. The molecule has 1 saturated heterocycles. The number of fused-ring (bicyclic) bond motifs is 1. The molecule has 0 saturated carbocycles. The summed E-state index contributed by atoms with van der Waals surface area (Å²) in [5.74, 6) is -0.963. The quantitative estimate of drug-likeness (QED) is 0.840. The molecule has 1 aromatic carbocycles. The Morgan fingerprint density at radius 1 is 1.33 bits per heavy atom. The van der Waals surface area contributed by atoms with E-state index in [1.165, 1.54) is 0 Å². The van der Waals surface area contributed by atoms with E-state index in [1.54, 1.807) is 20.8 Å². The molecule has 2 aliphatic rings. The van der Waals surface area contributed by atoms with Crippen LogP contribution in [0.1, 0.15) is 45.3 Å². The fraction of sp³-hybridized carbons (Fsp3) is 0.588. The second kappa shape index (κ2) is 5.20. The molecule has 1 N–H and O–H groups in total. The van der Waals surface area contributed by atoms with Gasteiger partial charge in [0.25, 0.3) is 0 Å². The molecule has 132 valence electrons. The number of ether oxygens (including phenoxy) is 1. The van der Waals surface area contributed by atoms with Gasteiger partial charge in [-0.25, -0.2) is 8.42 Å². The highest BCUT2D eigenvalue weighted by molar-refractivity contribution is 7.89. The van der Waals surface area contributed by atoms with Gasteiger partial charge in [0.2, 0.25) is 10.0 Å². The molecule has 2 heterocycles. The zero-order valence-corrected chi connectivity index (χ0v) is 15.2. The maximum Gasteiger partial charge on any atom is 0.323 e. The highest BCUT2D eigenvalue weighted by Gasteiger charge is 2.51. The summed E-state index contributed by atoms with van der Waals surface area (Å²) in [6, 6.07) is -2.47. The number of aliphatic carboxylic acids is 1. The van der Waals surface area contributed by atoms with Gasteiger partial charge in [-0.2, -0.15) is 4.31 Å². The molecule has 24 heavy (non-hydrogen) atoms. The molecule has 1 aromatic rings. The molecule has 1 unspecified atom stereocenters. The molecule has 3 atom stereocenters. The van der Waals surface area contributed by atoms with Gasteiger partial charge in [-0.3, -0.25) is 4.79 Å². The van der Waals surface area contributed by atoms with Crippen LogP contribution in [0.3, 0.4) is 0 Å². The third-order valence-corrected chi connectivity index (χ3v) is 6.76. The van der Waals surface area contributed by atoms with Gasteiger partial charge in [0.05, 0.1) is 6.27 Å². The lowest BCUT2D eigenvalue weighted by atomic mass is 9.88. The fourth-order valence-electron chi connectivity index (χ4n) is 3.26. The average molecular weight is 355 g/mol. The minimum Gasteiger partial charge on any atom is -0.487 e. The van der Waals surface area contributed by atoms with Crippen LogP contribution in [0.5, 0.6) is 5.75 Å². The molecule has 1 fully saturated rings. The number of carbonyl (C=O) groups is 1. The summed E-state index contributed by atoms with van der Waals surface area (Å²) in [7, 11) is -4.29. The molecular weight excluding hydrogens is 330 g/mol. The SMILES string of the molecule is [2H][C@@H]1N(S(=O)(=O)c2c(C)c(C)c3c(c2C)CCC(C)(C)O3)[C@@]1([2H])C(=O)O. The van der Waals surface area contributed by atoms with Crippen molar-refractivity contribution in [2.24, 2.45) is 0 Å². The van der Waals surface area contributed by atoms with Gasteiger partial charge in [-0.1, -0.05) is 0 Å². The Hall–Kier alpha value is -1.60. The normalized spacial score (nSPS) is 32.2. The predicted molar refractivity (Wildman–Crippen MR) is 89.0 cm³/mol. The van der Waals surface area contributed by atoms with Crippen molar-refractivity contribution in [2.45, 2.75) is 64.0 Å². The Bertz CT molecular complexity index is 928. The van der Waals surface area contributed by atoms with E-state index in [0.29, 0.717) is 33.2 Å². The van der Waals surface area contributed by atoms with Gasteiger partial charge in [0, 0.05) is 7.89 Å². The van der Waals surface area contributed by atoms with Crippen molar-refractivity contribution in [2.75, 3.05) is 6.52 Å². The molecule has 0 spiro atoms. The van der Waals surface area contributed by atoms with Gasteiger partial charge in [-0.05, 0) is 69.7 Å². The smallest absolute Gasteiger partial charge is 0.323 e. The minimum atomic E-state index is -4.29. The lowest BCUT2D eigenvalue weighted by molar-refractivity contribution is -0.136. The second-order valence-electron chi connectivity index (χ2n) is 6.99. The monoisotopic (exact) mass is 355 g/mol. The Morgan fingerprint density at radius 2 is 1.96 bits per heavy atom. The predicted octanol–water partition coefficient (Wildman–Crippen LogP) is 2.17. The molecule has 0 radical (unpaired) electrons. The van der Waals surface area contributed by atoms with E-state index < -0.39 is 28.5 Å². The number of carboxylic acid groups (broad SMARTS) is 1. The van der Waals surface area contributed by atoms with E-state index in [-0.39, 0.29) is 10.5 Å². The lowest BCUT2D eigenvalue weighted by Gasteiger charge is -2.35. The van der Waals surface area contributed by atoms with Crippen molar-refractivity contribution in [1.82, 2.24) is 4.31 Å². The van der Waals surface area contributed by atoms with Crippen LogP contribution in [0.15, 0.2) is 4.90 Å². The Labute approximate surface area is 145 Å². The third-order valence-electron chi connectivity index (χ3n) is 4.81. The summed E-state index contributed by atoms with van der Waals surface area (Å²) < 4.78 is 48.3. The molecule has 2 aliphatic heterocycles. The number of sulfonamides is 1. The van der Waals surface area contributed by atoms with E-state index >= 15 is 0 Å². The van der Waals surface area contributed by atoms with E-state index in [4.69, 9.17) is 7.48 Å². The minimum absolute atomic E-state index is 0.00955. The Balaban J connectivity index is 2.19. The molecule has 7 heteroatoms. The maximum absolute atomic E-state index is 13.1. The fourth-order valence-corrected chi connectivity index (χ4v) is 5.09. The van der Waals surface area contributed by atoms with Crippen molar-refractivity contribution in [3.63, 3.8) is 0 Å². The van der Waals surface area contributed by atoms with Gasteiger partial charge >= 0.3 is 5.97 Å². The first-order valence-corrected chi connectivity index (χ1v) is 9.22. The highest BCUT2D eigenvalue weighted by atomic mass is 32.2. The maximum atomic E-state index is 13.1. The van der Waals surface area contributed by atoms with Crippen molar-refractivity contribution < 1.29 is 25.8 Å². The highest BCUT2D eigenvalue weighted by Crippen LogP contribution is 2.43. The standard InChI is InChI=1S/C17H23NO5S/c1-9-10(2)15(24(21,22)18-8-13(18)16(19)20)11(3)12-6-7-17(4,5)23-14(9)12/h13H,6-8H2,1-5H3,(H,19,20)/t13-,18?/m1/s1/i8D,13D/t8-,13+,18?/m0. The van der Waals surface area contributed by atoms with Gasteiger partial charge in [-0.15, -0.1) is 0 Å². The zero-order chi connectivity index (χ0) is 19.8.